The van der Waals surface area contributed by atoms with Gasteiger partial charge in [-0.25, -0.2) is 9.97 Å². The van der Waals surface area contributed by atoms with Gasteiger partial charge >= 0.3 is 0 Å². The smallest absolute Gasteiger partial charge is 0.254 e. The van der Waals surface area contributed by atoms with Gasteiger partial charge in [-0.15, -0.1) is 0 Å². The van der Waals surface area contributed by atoms with Crippen molar-refractivity contribution >= 4 is 11.7 Å². The van der Waals surface area contributed by atoms with Crippen LogP contribution in [0.15, 0.2) is 36.7 Å². The van der Waals surface area contributed by atoms with Crippen LogP contribution in [-0.4, -0.2) is 29.5 Å². The maximum absolute atomic E-state index is 11.8. The average molecular weight is 300 g/mol. The molecule has 2 rings (SSSR count). The number of nitrogens with one attached hydrogen (secondary N) is 2. The summed E-state index contributed by atoms with van der Waals surface area (Å²) >= 11 is 0. The van der Waals surface area contributed by atoms with E-state index in [9.17, 15) is 4.79 Å². The fourth-order valence-electron chi connectivity index (χ4n) is 1.86. The molecule has 1 amide bonds. The molecular formula is C16H20N4O2. The van der Waals surface area contributed by atoms with Crippen molar-refractivity contribution in [3.05, 3.63) is 47.8 Å². The minimum absolute atomic E-state index is 0.169. The average Bonchev–Trinajstić information content (AvgIpc) is 2.58. The van der Waals surface area contributed by atoms with Crippen LogP contribution in [-0.2, 0) is 6.54 Å². The normalized spacial score (nSPS) is 10.1. The van der Waals surface area contributed by atoms with Crippen LogP contribution in [0.25, 0.3) is 0 Å². The van der Waals surface area contributed by atoms with Gasteiger partial charge < -0.3 is 15.4 Å². The first-order chi connectivity index (χ1) is 10.7. The van der Waals surface area contributed by atoms with Gasteiger partial charge in [0.2, 0.25) is 5.88 Å². The molecule has 2 N–H and O–H groups in total. The quantitative estimate of drug-likeness (QED) is 0.820. The highest BCUT2D eigenvalue weighted by Gasteiger charge is 2.10. The lowest BCUT2D eigenvalue weighted by molar-refractivity contribution is 0.0963. The van der Waals surface area contributed by atoms with E-state index in [1.807, 2.05) is 12.1 Å². The molecule has 0 saturated heterocycles. The number of pyridine rings is 2. The Morgan fingerprint density at radius 1 is 1.27 bits per heavy atom. The van der Waals surface area contributed by atoms with Gasteiger partial charge in [0.25, 0.3) is 5.91 Å². The van der Waals surface area contributed by atoms with E-state index >= 15 is 0 Å². The van der Waals surface area contributed by atoms with Crippen molar-refractivity contribution in [1.82, 2.24) is 15.3 Å². The SMILES string of the molecule is CCCOc1ccc(CNc2ncccc2C(=O)NC)cn1. The zero-order valence-corrected chi connectivity index (χ0v) is 12.8. The summed E-state index contributed by atoms with van der Waals surface area (Å²) in [5.74, 6) is 1.000. The van der Waals surface area contributed by atoms with Gasteiger partial charge in [0, 0.05) is 32.1 Å². The molecule has 116 valence electrons. The predicted molar refractivity (Wildman–Crippen MR) is 85.0 cm³/mol. The predicted octanol–water partition coefficient (Wildman–Crippen LogP) is 2.24. The molecule has 0 aliphatic heterocycles. The van der Waals surface area contributed by atoms with Crippen LogP contribution >= 0.6 is 0 Å². The minimum atomic E-state index is -0.169. The topological polar surface area (TPSA) is 76.1 Å². The Bertz CT molecular complexity index is 614. The van der Waals surface area contributed by atoms with E-state index in [2.05, 4.69) is 27.5 Å². The van der Waals surface area contributed by atoms with E-state index in [4.69, 9.17) is 4.74 Å². The van der Waals surface area contributed by atoms with Crippen LogP contribution in [0.3, 0.4) is 0 Å². The summed E-state index contributed by atoms with van der Waals surface area (Å²) in [5, 5.41) is 5.75. The van der Waals surface area contributed by atoms with Gasteiger partial charge in [-0.3, -0.25) is 4.79 Å². The van der Waals surface area contributed by atoms with Crippen molar-refractivity contribution in [1.29, 1.82) is 0 Å². The second-order valence-corrected chi connectivity index (χ2v) is 4.69. The van der Waals surface area contributed by atoms with Gasteiger partial charge in [0.1, 0.15) is 5.82 Å². The van der Waals surface area contributed by atoms with E-state index in [1.165, 1.54) is 0 Å². The summed E-state index contributed by atoms with van der Waals surface area (Å²) in [4.78, 5) is 20.2. The lowest BCUT2D eigenvalue weighted by atomic mass is 10.2. The number of hydrogen-bond acceptors (Lipinski definition) is 5. The molecule has 2 heterocycles. The van der Waals surface area contributed by atoms with Gasteiger partial charge in [-0.1, -0.05) is 13.0 Å². The van der Waals surface area contributed by atoms with Crippen LogP contribution in [0, 0.1) is 0 Å². The Labute approximate surface area is 129 Å². The Morgan fingerprint density at radius 2 is 2.14 bits per heavy atom. The van der Waals surface area contributed by atoms with E-state index in [0.29, 0.717) is 30.4 Å². The maximum atomic E-state index is 11.8. The highest BCUT2D eigenvalue weighted by atomic mass is 16.5. The van der Waals surface area contributed by atoms with Crippen LogP contribution in [0.5, 0.6) is 5.88 Å². The van der Waals surface area contributed by atoms with Crippen molar-refractivity contribution in [2.75, 3.05) is 19.0 Å². The number of rotatable bonds is 7. The number of amides is 1. The third kappa shape index (κ3) is 4.18. The first-order valence-corrected chi connectivity index (χ1v) is 7.23. The maximum Gasteiger partial charge on any atom is 0.254 e. The highest BCUT2D eigenvalue weighted by molar-refractivity contribution is 5.98. The Kier molecular flexibility index (Phi) is 5.71. The first-order valence-electron chi connectivity index (χ1n) is 7.23. The van der Waals surface area contributed by atoms with E-state index in [-0.39, 0.29) is 5.91 Å². The largest absolute Gasteiger partial charge is 0.478 e. The minimum Gasteiger partial charge on any atom is -0.478 e. The number of ether oxygens (including phenoxy) is 1. The van der Waals surface area contributed by atoms with Crippen LogP contribution in [0.4, 0.5) is 5.82 Å². The monoisotopic (exact) mass is 300 g/mol. The molecule has 2 aromatic rings. The summed E-state index contributed by atoms with van der Waals surface area (Å²) < 4.78 is 5.44. The summed E-state index contributed by atoms with van der Waals surface area (Å²) in [7, 11) is 1.60. The van der Waals surface area contributed by atoms with E-state index in [0.717, 1.165) is 12.0 Å². The van der Waals surface area contributed by atoms with Crippen molar-refractivity contribution in [2.45, 2.75) is 19.9 Å². The molecule has 0 fully saturated rings. The number of carbonyl (C=O) groups excluding carboxylic acids is 1. The molecule has 0 bridgehead atoms. The third-order valence-corrected chi connectivity index (χ3v) is 2.99. The van der Waals surface area contributed by atoms with E-state index in [1.54, 1.807) is 31.6 Å². The van der Waals surface area contributed by atoms with Gasteiger partial charge in [-0.05, 0) is 24.1 Å². The second-order valence-electron chi connectivity index (χ2n) is 4.69. The number of aromatic nitrogens is 2. The molecule has 0 aliphatic carbocycles. The molecule has 0 radical (unpaired) electrons. The second kappa shape index (κ2) is 7.97. The summed E-state index contributed by atoms with van der Waals surface area (Å²) in [6.07, 6.45) is 4.35. The molecule has 0 spiro atoms. The summed E-state index contributed by atoms with van der Waals surface area (Å²) in [5.41, 5.74) is 1.50. The standard InChI is InChI=1S/C16H20N4O2/c1-3-9-22-14-7-6-12(10-19-14)11-20-15-13(16(21)17-2)5-4-8-18-15/h4-8,10H,3,9,11H2,1-2H3,(H,17,21)(H,18,20). The van der Waals surface area contributed by atoms with Crippen LogP contribution in [0.1, 0.15) is 29.3 Å². The highest BCUT2D eigenvalue weighted by Crippen LogP contribution is 2.14. The molecule has 0 aromatic carbocycles. The molecule has 6 heteroatoms. The van der Waals surface area contributed by atoms with Gasteiger partial charge in [-0.2, -0.15) is 0 Å². The first kappa shape index (κ1) is 15.8. The molecule has 0 unspecified atom stereocenters. The Hall–Kier alpha value is -2.63. The van der Waals surface area contributed by atoms with Crippen molar-refractivity contribution in [3.8, 4) is 5.88 Å². The van der Waals surface area contributed by atoms with Crippen molar-refractivity contribution < 1.29 is 9.53 Å². The summed E-state index contributed by atoms with van der Waals surface area (Å²) in [6.45, 7) is 3.24. The van der Waals surface area contributed by atoms with Gasteiger partial charge in [0.05, 0.1) is 12.2 Å². The molecule has 6 nitrogen and oxygen atoms in total. The van der Waals surface area contributed by atoms with Crippen LogP contribution < -0.4 is 15.4 Å². The zero-order chi connectivity index (χ0) is 15.8. The molecule has 0 saturated carbocycles. The molecule has 2 aromatic heterocycles. The van der Waals surface area contributed by atoms with Crippen molar-refractivity contribution in [3.63, 3.8) is 0 Å². The molecule has 22 heavy (non-hydrogen) atoms. The molecular weight excluding hydrogens is 280 g/mol. The van der Waals surface area contributed by atoms with E-state index < -0.39 is 0 Å². The third-order valence-electron chi connectivity index (χ3n) is 2.99. The van der Waals surface area contributed by atoms with Crippen molar-refractivity contribution in [2.24, 2.45) is 0 Å². The fraction of sp³-hybridized carbons (Fsp3) is 0.312. The Balaban J connectivity index is 2.00. The number of anilines is 1. The number of carbonyl (C=O) groups is 1. The lowest BCUT2D eigenvalue weighted by Crippen LogP contribution is -2.20. The lowest BCUT2D eigenvalue weighted by Gasteiger charge is -2.10. The zero-order valence-electron chi connectivity index (χ0n) is 12.8. The molecule has 0 atom stereocenters. The van der Waals surface area contributed by atoms with Gasteiger partial charge in [0.15, 0.2) is 0 Å². The fourth-order valence-corrected chi connectivity index (χ4v) is 1.86. The van der Waals surface area contributed by atoms with Crippen LogP contribution in [0.2, 0.25) is 0 Å². The number of nitrogens with zero attached hydrogens (tertiary/aromatic N) is 2. The summed E-state index contributed by atoms with van der Waals surface area (Å²) in [6, 6.07) is 7.24. The Morgan fingerprint density at radius 3 is 2.82 bits per heavy atom. The number of hydrogen-bond donors (Lipinski definition) is 2. The molecule has 0 aliphatic rings.